The number of rotatable bonds is 4. The summed E-state index contributed by atoms with van der Waals surface area (Å²) in [6.45, 7) is 0.635. The summed E-state index contributed by atoms with van der Waals surface area (Å²) in [7, 11) is 0. The Morgan fingerprint density at radius 3 is 3.00 bits per heavy atom. The largest absolute Gasteiger partial charge is 0.378 e. The van der Waals surface area contributed by atoms with Crippen LogP contribution >= 0.6 is 11.6 Å². The number of carbonyl (C=O) groups is 1. The van der Waals surface area contributed by atoms with Crippen LogP contribution in [0.1, 0.15) is 30.7 Å². The molecule has 1 fully saturated rings. The van der Waals surface area contributed by atoms with Gasteiger partial charge < -0.3 is 4.74 Å². The van der Waals surface area contributed by atoms with Gasteiger partial charge in [-0.2, -0.15) is 5.26 Å². The summed E-state index contributed by atoms with van der Waals surface area (Å²) in [6, 6.07) is 5.96. The van der Waals surface area contributed by atoms with E-state index in [4.69, 9.17) is 21.6 Å². The Morgan fingerprint density at radius 1 is 1.63 bits per heavy atom. The third-order valence-corrected chi connectivity index (χ3v) is 3.52. The Kier molecular flexibility index (Phi) is 4.52. The van der Waals surface area contributed by atoms with E-state index in [2.05, 4.69) is 0 Å². The zero-order valence-electron chi connectivity index (χ0n) is 10.2. The number of carbonyl (C=O) groups excluding carboxylic acids is 1. The minimum atomic E-state index is -1.17. The van der Waals surface area contributed by atoms with Crippen molar-refractivity contribution in [1.82, 2.24) is 0 Å². The summed E-state index contributed by atoms with van der Waals surface area (Å²) < 4.78 is 19.1. The van der Waals surface area contributed by atoms with Gasteiger partial charge in [0.05, 0.1) is 12.2 Å². The number of nitrogens with zero attached hydrogens (tertiary/aromatic N) is 1. The maximum atomic E-state index is 13.7. The fourth-order valence-corrected chi connectivity index (χ4v) is 2.50. The second kappa shape index (κ2) is 6.14. The first-order chi connectivity index (χ1) is 9.13. The fourth-order valence-electron chi connectivity index (χ4n) is 2.23. The summed E-state index contributed by atoms with van der Waals surface area (Å²) in [5, 5.41) is 9.24. The minimum Gasteiger partial charge on any atom is -0.378 e. The molecule has 3 nitrogen and oxygen atoms in total. The summed E-state index contributed by atoms with van der Waals surface area (Å²) in [5.74, 6) is -2.14. The average molecular weight is 282 g/mol. The Bertz CT molecular complexity index is 500. The van der Waals surface area contributed by atoms with Gasteiger partial charge >= 0.3 is 0 Å². The SMILES string of the molecule is N#CC(C(=O)CC1CCCO1)c1c(F)cccc1Cl. The Labute approximate surface area is 115 Å². The van der Waals surface area contributed by atoms with Crippen LogP contribution < -0.4 is 0 Å². The van der Waals surface area contributed by atoms with E-state index in [-0.39, 0.29) is 28.9 Å². The van der Waals surface area contributed by atoms with E-state index in [0.717, 1.165) is 12.8 Å². The van der Waals surface area contributed by atoms with E-state index in [9.17, 15) is 9.18 Å². The highest BCUT2D eigenvalue weighted by molar-refractivity contribution is 6.31. The molecule has 1 aromatic carbocycles. The molecule has 0 radical (unpaired) electrons. The Morgan fingerprint density at radius 2 is 2.42 bits per heavy atom. The fraction of sp³-hybridized carbons (Fsp3) is 0.429. The van der Waals surface area contributed by atoms with Crippen LogP contribution in [0.15, 0.2) is 18.2 Å². The van der Waals surface area contributed by atoms with Crippen molar-refractivity contribution < 1.29 is 13.9 Å². The molecule has 0 aliphatic carbocycles. The number of hydrogen-bond acceptors (Lipinski definition) is 3. The van der Waals surface area contributed by atoms with Crippen LogP contribution in [-0.2, 0) is 9.53 Å². The van der Waals surface area contributed by atoms with Gasteiger partial charge in [-0.3, -0.25) is 4.79 Å². The number of hydrogen-bond donors (Lipinski definition) is 0. The lowest BCUT2D eigenvalue weighted by Crippen LogP contribution is -2.19. The van der Waals surface area contributed by atoms with Crippen LogP contribution in [0.2, 0.25) is 5.02 Å². The molecule has 1 aliphatic heterocycles. The average Bonchev–Trinajstić information content (AvgIpc) is 2.86. The van der Waals surface area contributed by atoms with E-state index in [1.165, 1.54) is 18.2 Å². The van der Waals surface area contributed by atoms with Gasteiger partial charge in [0, 0.05) is 23.6 Å². The number of Topliss-reactive ketones (excluding diaryl/α,β-unsaturated/α-hetero) is 1. The standard InChI is InChI=1S/C14H13ClFNO2/c15-11-4-1-5-12(16)14(11)10(8-17)13(18)7-9-3-2-6-19-9/h1,4-5,9-10H,2-3,6-7H2. The molecule has 0 saturated carbocycles. The molecule has 19 heavy (non-hydrogen) atoms. The maximum absolute atomic E-state index is 13.7. The summed E-state index contributed by atoms with van der Waals surface area (Å²) >= 11 is 5.89. The van der Waals surface area contributed by atoms with Crippen molar-refractivity contribution in [2.24, 2.45) is 0 Å². The Balaban J connectivity index is 2.19. The monoisotopic (exact) mass is 281 g/mol. The van der Waals surface area contributed by atoms with Crippen molar-refractivity contribution in [2.45, 2.75) is 31.3 Å². The first-order valence-electron chi connectivity index (χ1n) is 6.11. The van der Waals surface area contributed by atoms with Gasteiger partial charge in [-0.25, -0.2) is 4.39 Å². The molecule has 2 unspecified atom stereocenters. The normalized spacial score (nSPS) is 19.9. The van der Waals surface area contributed by atoms with Crippen molar-refractivity contribution in [3.63, 3.8) is 0 Å². The van der Waals surface area contributed by atoms with E-state index < -0.39 is 11.7 Å². The van der Waals surface area contributed by atoms with Crippen LogP contribution in [0.3, 0.4) is 0 Å². The molecule has 2 rings (SSSR count). The molecule has 0 bridgehead atoms. The molecular formula is C14H13ClFNO2. The van der Waals surface area contributed by atoms with Gasteiger partial charge in [-0.15, -0.1) is 0 Å². The summed E-state index contributed by atoms with van der Waals surface area (Å²) in [5.41, 5.74) is -0.0327. The van der Waals surface area contributed by atoms with Gasteiger partial charge in [0.2, 0.25) is 0 Å². The minimum absolute atomic E-state index is 0.0327. The van der Waals surface area contributed by atoms with Gasteiger partial charge in [0.15, 0.2) is 5.78 Å². The third-order valence-electron chi connectivity index (χ3n) is 3.19. The van der Waals surface area contributed by atoms with Crippen molar-refractivity contribution in [3.8, 4) is 6.07 Å². The molecule has 1 aromatic rings. The highest BCUT2D eigenvalue weighted by Crippen LogP contribution is 2.30. The topological polar surface area (TPSA) is 50.1 Å². The van der Waals surface area contributed by atoms with Crippen LogP contribution in [0, 0.1) is 17.1 Å². The van der Waals surface area contributed by atoms with Crippen LogP contribution in [0.5, 0.6) is 0 Å². The second-order valence-corrected chi connectivity index (χ2v) is 4.91. The highest BCUT2D eigenvalue weighted by Gasteiger charge is 2.29. The number of halogens is 2. The molecule has 0 N–H and O–H groups in total. The molecule has 0 aromatic heterocycles. The first kappa shape index (κ1) is 14.0. The zero-order valence-corrected chi connectivity index (χ0v) is 11.0. The molecule has 1 heterocycles. The summed E-state index contributed by atoms with van der Waals surface area (Å²) in [4.78, 5) is 12.1. The lowest BCUT2D eigenvalue weighted by molar-refractivity contribution is -0.121. The van der Waals surface area contributed by atoms with E-state index >= 15 is 0 Å². The molecule has 2 atom stereocenters. The molecular weight excluding hydrogens is 269 g/mol. The van der Waals surface area contributed by atoms with Gasteiger partial charge in [0.25, 0.3) is 0 Å². The second-order valence-electron chi connectivity index (χ2n) is 4.50. The molecule has 5 heteroatoms. The quantitative estimate of drug-likeness (QED) is 0.851. The van der Waals surface area contributed by atoms with E-state index in [0.29, 0.717) is 6.61 Å². The molecule has 0 amide bonds. The zero-order chi connectivity index (χ0) is 13.8. The van der Waals surface area contributed by atoms with Crippen molar-refractivity contribution in [1.29, 1.82) is 5.26 Å². The number of nitriles is 1. The third kappa shape index (κ3) is 3.12. The Hall–Kier alpha value is -1.44. The van der Waals surface area contributed by atoms with Crippen LogP contribution in [0.25, 0.3) is 0 Å². The van der Waals surface area contributed by atoms with Crippen LogP contribution in [-0.4, -0.2) is 18.5 Å². The van der Waals surface area contributed by atoms with Crippen molar-refractivity contribution in [2.75, 3.05) is 6.61 Å². The number of ether oxygens (including phenoxy) is 1. The molecule has 0 spiro atoms. The van der Waals surface area contributed by atoms with Gasteiger partial charge in [0.1, 0.15) is 11.7 Å². The molecule has 1 aliphatic rings. The van der Waals surface area contributed by atoms with E-state index in [1.807, 2.05) is 6.07 Å². The van der Waals surface area contributed by atoms with E-state index in [1.54, 1.807) is 0 Å². The van der Waals surface area contributed by atoms with Crippen molar-refractivity contribution in [3.05, 3.63) is 34.6 Å². The highest BCUT2D eigenvalue weighted by atomic mass is 35.5. The smallest absolute Gasteiger partial charge is 0.157 e. The summed E-state index contributed by atoms with van der Waals surface area (Å²) in [6.07, 6.45) is 1.68. The molecule has 100 valence electrons. The predicted octanol–water partition coefficient (Wildman–Crippen LogP) is 3.22. The lowest BCUT2D eigenvalue weighted by atomic mass is 9.92. The number of benzene rings is 1. The lowest BCUT2D eigenvalue weighted by Gasteiger charge is -2.14. The van der Waals surface area contributed by atoms with Crippen molar-refractivity contribution >= 4 is 17.4 Å². The van der Waals surface area contributed by atoms with Gasteiger partial charge in [-0.05, 0) is 25.0 Å². The number of ketones is 1. The maximum Gasteiger partial charge on any atom is 0.157 e. The molecule has 1 saturated heterocycles. The van der Waals surface area contributed by atoms with Gasteiger partial charge in [-0.1, -0.05) is 17.7 Å². The predicted molar refractivity (Wildman–Crippen MR) is 68.4 cm³/mol. The first-order valence-corrected chi connectivity index (χ1v) is 6.49. The van der Waals surface area contributed by atoms with Crippen LogP contribution in [0.4, 0.5) is 4.39 Å².